The molecule has 0 unspecified atom stereocenters. The molecule has 0 saturated carbocycles. The lowest BCUT2D eigenvalue weighted by atomic mass is 11.8. The summed E-state index contributed by atoms with van der Waals surface area (Å²) in [4.78, 5) is 0. The highest BCUT2D eigenvalue weighted by molar-refractivity contribution is 6.73. The van der Waals surface area contributed by atoms with Crippen LogP contribution in [-0.4, -0.2) is 18.1 Å². The Bertz CT molecular complexity index is 48.1. The van der Waals surface area contributed by atoms with E-state index in [1.54, 1.807) is 0 Å². The van der Waals surface area contributed by atoms with Crippen LogP contribution in [0.25, 0.3) is 0 Å². The van der Waals surface area contributed by atoms with E-state index in [1.807, 2.05) is 0 Å². The van der Waals surface area contributed by atoms with Crippen molar-refractivity contribution in [3.8, 4) is 0 Å². The van der Waals surface area contributed by atoms with Crippen molar-refractivity contribution in [1.82, 2.24) is 0 Å². The maximum atomic E-state index is 5.45. The fraction of sp³-hybridized carbons (Fsp3) is 1.00. The van der Waals surface area contributed by atoms with E-state index in [4.69, 9.17) is 4.12 Å². The summed E-state index contributed by atoms with van der Waals surface area (Å²) in [6, 6.07) is 0. The Hall–Kier alpha value is 0.394. The summed E-state index contributed by atoms with van der Waals surface area (Å²) < 4.78 is 5.45. The van der Waals surface area contributed by atoms with Crippen molar-refractivity contribution in [3.63, 3.8) is 0 Å². The Labute approximate surface area is 49.1 Å². The average Bonchev–Trinajstić information content (AvgIpc) is 1.30. The zero-order chi connectivity index (χ0) is 5.91. The second-order valence-corrected chi connectivity index (χ2v) is 8.10. The summed E-state index contributed by atoms with van der Waals surface area (Å²) in [7, 11) is -0.849. The molecule has 0 aromatic rings. The van der Waals surface area contributed by atoms with Crippen LogP contribution in [0.2, 0.25) is 26.2 Å². The molecular formula is C4H13OSi2. The topological polar surface area (TPSA) is 9.23 Å². The van der Waals surface area contributed by atoms with Crippen molar-refractivity contribution in [2.24, 2.45) is 0 Å². The Morgan fingerprint density at radius 1 is 1.29 bits per heavy atom. The fourth-order valence-electron chi connectivity index (χ4n) is 0.354. The molecule has 3 heteroatoms. The van der Waals surface area contributed by atoms with Crippen LogP contribution in [0.3, 0.4) is 0 Å². The minimum absolute atomic E-state index is 0.271. The summed E-state index contributed by atoms with van der Waals surface area (Å²) in [5.74, 6) is 0. The number of hydrogen-bond donors (Lipinski definition) is 0. The van der Waals surface area contributed by atoms with Gasteiger partial charge in [-0.25, -0.2) is 0 Å². The van der Waals surface area contributed by atoms with Gasteiger partial charge in [0, 0.05) is 0 Å². The summed E-state index contributed by atoms with van der Waals surface area (Å²) in [5.41, 5.74) is 0. The Morgan fingerprint density at radius 3 is 1.71 bits per heavy atom. The van der Waals surface area contributed by atoms with Crippen molar-refractivity contribution >= 4 is 18.1 Å². The molecule has 0 fully saturated rings. The maximum Gasteiger partial charge on any atom is 0.174 e. The minimum atomic E-state index is -1.12. The molecule has 0 bridgehead atoms. The van der Waals surface area contributed by atoms with Gasteiger partial charge in [-0.1, -0.05) is 0 Å². The van der Waals surface area contributed by atoms with Gasteiger partial charge in [0.25, 0.3) is 0 Å². The molecule has 1 nitrogen and oxygen atoms in total. The molecule has 0 aromatic heterocycles. The van der Waals surface area contributed by atoms with Crippen LogP contribution in [0, 0.1) is 0 Å². The summed E-state index contributed by atoms with van der Waals surface area (Å²) >= 11 is 0. The third-order valence-electron chi connectivity index (χ3n) is 0.471. The van der Waals surface area contributed by atoms with Crippen molar-refractivity contribution in [2.45, 2.75) is 26.2 Å². The molecule has 0 amide bonds. The molecule has 1 radical (unpaired) electrons. The molecule has 0 aliphatic rings. The minimum Gasteiger partial charge on any atom is -0.458 e. The van der Waals surface area contributed by atoms with Gasteiger partial charge in [0.05, 0.1) is 0 Å². The van der Waals surface area contributed by atoms with Crippen LogP contribution in [0.15, 0.2) is 0 Å². The zero-order valence-electron chi connectivity index (χ0n) is 5.49. The van der Waals surface area contributed by atoms with E-state index in [1.165, 1.54) is 0 Å². The van der Waals surface area contributed by atoms with Gasteiger partial charge in [0.1, 0.15) is 0 Å². The first-order valence-corrected chi connectivity index (χ1v) is 7.55. The monoisotopic (exact) mass is 133 g/mol. The van der Waals surface area contributed by atoms with E-state index >= 15 is 0 Å². The van der Waals surface area contributed by atoms with Gasteiger partial charge >= 0.3 is 0 Å². The van der Waals surface area contributed by atoms with Crippen LogP contribution in [-0.2, 0) is 4.12 Å². The van der Waals surface area contributed by atoms with Crippen LogP contribution < -0.4 is 0 Å². The molecule has 0 aliphatic heterocycles. The summed E-state index contributed by atoms with van der Waals surface area (Å²) in [6.45, 7) is 8.76. The van der Waals surface area contributed by atoms with E-state index < -0.39 is 8.32 Å². The quantitative estimate of drug-likeness (QED) is 0.515. The predicted octanol–water partition coefficient (Wildman–Crippen LogP) is 1.24. The third kappa shape index (κ3) is 6.39. The maximum absolute atomic E-state index is 5.45. The molecule has 43 valence electrons. The molecule has 0 aliphatic carbocycles. The normalized spacial score (nSPS) is 12.0. The first kappa shape index (κ1) is 7.39. The molecule has 0 saturated heterocycles. The zero-order valence-corrected chi connectivity index (χ0v) is 7.64. The van der Waals surface area contributed by atoms with E-state index in [0.29, 0.717) is 0 Å². The van der Waals surface area contributed by atoms with Crippen molar-refractivity contribution in [1.29, 1.82) is 0 Å². The van der Waals surface area contributed by atoms with Crippen LogP contribution in [0.5, 0.6) is 0 Å². The highest BCUT2D eigenvalue weighted by Crippen LogP contribution is 1.99. The van der Waals surface area contributed by atoms with Crippen LogP contribution in [0.4, 0.5) is 0 Å². The molecule has 0 atom stereocenters. The molecule has 0 aromatic carbocycles. The van der Waals surface area contributed by atoms with Crippen molar-refractivity contribution in [3.05, 3.63) is 0 Å². The lowest BCUT2D eigenvalue weighted by Gasteiger charge is -2.14. The predicted molar refractivity (Wildman–Crippen MR) is 37.4 cm³/mol. The van der Waals surface area contributed by atoms with Crippen molar-refractivity contribution < 1.29 is 4.12 Å². The van der Waals surface area contributed by atoms with Gasteiger partial charge in [0.2, 0.25) is 0 Å². The molecule has 0 heterocycles. The first-order valence-electron chi connectivity index (χ1n) is 2.52. The average molecular weight is 133 g/mol. The SMILES string of the molecule is C[SiH]O[Si](C)(C)C. The van der Waals surface area contributed by atoms with Crippen molar-refractivity contribution in [2.75, 3.05) is 0 Å². The molecule has 0 rings (SSSR count). The second kappa shape index (κ2) is 2.64. The summed E-state index contributed by atoms with van der Waals surface area (Å²) in [5, 5.41) is 0. The third-order valence-corrected chi connectivity index (χ3v) is 4.24. The number of hydrogen-bond acceptors (Lipinski definition) is 1. The highest BCUT2D eigenvalue weighted by Gasteiger charge is 2.10. The Morgan fingerprint density at radius 2 is 1.71 bits per heavy atom. The largest absolute Gasteiger partial charge is 0.458 e. The number of rotatable bonds is 2. The first-order chi connectivity index (χ1) is 3.06. The second-order valence-electron chi connectivity index (χ2n) is 2.47. The molecular weight excluding hydrogens is 120 g/mol. The van der Waals surface area contributed by atoms with E-state index in [9.17, 15) is 0 Å². The standard InChI is InChI=1S/C4H13OSi2/c1-6-5-7(2,3)4/h6H,1-4H3. The van der Waals surface area contributed by atoms with Crippen LogP contribution in [0.1, 0.15) is 0 Å². The molecule has 0 spiro atoms. The summed E-state index contributed by atoms with van der Waals surface area (Å²) in [6.07, 6.45) is 0. The Balaban J connectivity index is 3.15. The van der Waals surface area contributed by atoms with E-state index in [0.717, 1.165) is 0 Å². The highest BCUT2D eigenvalue weighted by atomic mass is 28.4. The fourth-order valence-corrected chi connectivity index (χ4v) is 3.18. The van der Waals surface area contributed by atoms with Gasteiger partial charge in [-0.3, -0.25) is 0 Å². The van der Waals surface area contributed by atoms with Gasteiger partial charge in [0.15, 0.2) is 18.1 Å². The van der Waals surface area contributed by atoms with Gasteiger partial charge in [-0.05, 0) is 26.2 Å². The van der Waals surface area contributed by atoms with Gasteiger partial charge in [-0.2, -0.15) is 0 Å². The molecule has 7 heavy (non-hydrogen) atoms. The Kier molecular flexibility index (Phi) is 2.79. The van der Waals surface area contributed by atoms with Gasteiger partial charge in [-0.15, -0.1) is 0 Å². The van der Waals surface area contributed by atoms with E-state index in [2.05, 4.69) is 26.2 Å². The lowest BCUT2D eigenvalue weighted by molar-refractivity contribution is 0.603. The van der Waals surface area contributed by atoms with Gasteiger partial charge < -0.3 is 4.12 Å². The molecule has 0 N–H and O–H groups in total. The smallest absolute Gasteiger partial charge is 0.174 e. The lowest BCUT2D eigenvalue weighted by Crippen LogP contribution is -2.26. The van der Waals surface area contributed by atoms with E-state index in [-0.39, 0.29) is 9.76 Å². The van der Waals surface area contributed by atoms with Crippen LogP contribution >= 0.6 is 0 Å².